The standard InChI is InChI=1S/C14H9ClN2O6/c15-11-3-2-8(17(22)23)6-9(11)13(19)16-7-1-4-12(18)10(5-7)14(20)21/h1-6,18H,(H,16,19)(H,20,21). The average Bonchev–Trinajstić information content (AvgIpc) is 2.49. The Morgan fingerprint density at radius 3 is 2.43 bits per heavy atom. The molecule has 2 rings (SSSR count). The zero-order valence-corrected chi connectivity index (χ0v) is 12.1. The molecule has 0 spiro atoms. The van der Waals surface area contributed by atoms with Crippen molar-refractivity contribution in [3.05, 3.63) is 62.7 Å². The number of nitrogens with zero attached hydrogens (tertiary/aromatic N) is 1. The van der Waals surface area contributed by atoms with Gasteiger partial charge in [0.25, 0.3) is 11.6 Å². The van der Waals surface area contributed by atoms with Crippen molar-refractivity contribution in [3.8, 4) is 5.75 Å². The normalized spacial score (nSPS) is 10.1. The van der Waals surface area contributed by atoms with Crippen LogP contribution in [-0.4, -0.2) is 27.0 Å². The minimum absolute atomic E-state index is 0.00494. The summed E-state index contributed by atoms with van der Waals surface area (Å²) in [6.45, 7) is 0. The summed E-state index contributed by atoms with van der Waals surface area (Å²) in [6, 6.07) is 6.83. The number of rotatable bonds is 4. The van der Waals surface area contributed by atoms with Crippen molar-refractivity contribution in [2.24, 2.45) is 0 Å². The van der Waals surface area contributed by atoms with Gasteiger partial charge in [-0.15, -0.1) is 0 Å². The fourth-order valence-corrected chi connectivity index (χ4v) is 1.99. The highest BCUT2D eigenvalue weighted by Gasteiger charge is 2.17. The van der Waals surface area contributed by atoms with E-state index in [-0.39, 0.29) is 22.0 Å². The monoisotopic (exact) mass is 336 g/mol. The number of hydrogen-bond donors (Lipinski definition) is 3. The Kier molecular flexibility index (Phi) is 4.47. The summed E-state index contributed by atoms with van der Waals surface area (Å²) < 4.78 is 0. The van der Waals surface area contributed by atoms with E-state index >= 15 is 0 Å². The van der Waals surface area contributed by atoms with Crippen LogP contribution in [0.3, 0.4) is 0 Å². The fourth-order valence-electron chi connectivity index (χ4n) is 1.78. The molecule has 118 valence electrons. The second kappa shape index (κ2) is 6.32. The molecule has 1 amide bonds. The number of carbonyl (C=O) groups excluding carboxylic acids is 1. The third-order valence-electron chi connectivity index (χ3n) is 2.89. The third kappa shape index (κ3) is 3.55. The summed E-state index contributed by atoms with van der Waals surface area (Å²) in [4.78, 5) is 33.2. The minimum atomic E-state index is -1.37. The van der Waals surface area contributed by atoms with Crippen molar-refractivity contribution in [2.75, 3.05) is 5.32 Å². The first-order valence-electron chi connectivity index (χ1n) is 6.11. The second-order valence-electron chi connectivity index (χ2n) is 4.41. The van der Waals surface area contributed by atoms with Crippen LogP contribution in [0, 0.1) is 10.1 Å². The highest BCUT2D eigenvalue weighted by Crippen LogP contribution is 2.25. The van der Waals surface area contributed by atoms with Gasteiger partial charge in [0.15, 0.2) is 0 Å². The highest BCUT2D eigenvalue weighted by atomic mass is 35.5. The molecule has 0 aromatic heterocycles. The zero-order valence-electron chi connectivity index (χ0n) is 11.3. The van der Waals surface area contributed by atoms with E-state index in [0.717, 1.165) is 24.3 Å². The molecule has 9 heteroatoms. The number of carboxylic acids is 1. The summed E-state index contributed by atoms with van der Waals surface area (Å²) >= 11 is 5.85. The molecule has 0 aliphatic carbocycles. The van der Waals surface area contributed by atoms with E-state index in [2.05, 4.69) is 5.32 Å². The van der Waals surface area contributed by atoms with Gasteiger partial charge in [0.1, 0.15) is 11.3 Å². The number of amides is 1. The Balaban J connectivity index is 2.33. The van der Waals surface area contributed by atoms with Crippen LogP contribution in [0.1, 0.15) is 20.7 Å². The van der Waals surface area contributed by atoms with E-state index in [1.165, 1.54) is 12.1 Å². The lowest BCUT2D eigenvalue weighted by molar-refractivity contribution is -0.384. The van der Waals surface area contributed by atoms with Crippen molar-refractivity contribution in [2.45, 2.75) is 0 Å². The maximum Gasteiger partial charge on any atom is 0.339 e. The summed E-state index contributed by atoms with van der Waals surface area (Å²) in [5, 5.41) is 31.4. The Labute approximate surface area is 134 Å². The van der Waals surface area contributed by atoms with E-state index in [1.54, 1.807) is 0 Å². The third-order valence-corrected chi connectivity index (χ3v) is 3.22. The average molecular weight is 337 g/mol. The number of non-ortho nitro benzene ring substituents is 1. The molecule has 2 aromatic rings. The first-order chi connectivity index (χ1) is 10.8. The van der Waals surface area contributed by atoms with Crippen LogP contribution in [0.15, 0.2) is 36.4 Å². The number of halogens is 1. The molecular weight excluding hydrogens is 328 g/mol. The van der Waals surface area contributed by atoms with Crippen molar-refractivity contribution >= 4 is 34.9 Å². The van der Waals surface area contributed by atoms with Gasteiger partial charge in [-0.3, -0.25) is 14.9 Å². The highest BCUT2D eigenvalue weighted by molar-refractivity contribution is 6.34. The van der Waals surface area contributed by atoms with Gasteiger partial charge in [-0.25, -0.2) is 4.79 Å². The molecule has 0 aliphatic heterocycles. The Bertz CT molecular complexity index is 821. The van der Waals surface area contributed by atoms with Crippen LogP contribution < -0.4 is 5.32 Å². The lowest BCUT2D eigenvalue weighted by Gasteiger charge is -2.08. The Hall–Kier alpha value is -3.13. The van der Waals surface area contributed by atoms with E-state index in [0.29, 0.717) is 0 Å². The van der Waals surface area contributed by atoms with Crippen molar-refractivity contribution in [1.82, 2.24) is 0 Å². The minimum Gasteiger partial charge on any atom is -0.507 e. The number of nitrogens with one attached hydrogen (secondary N) is 1. The number of hydrogen-bond acceptors (Lipinski definition) is 5. The molecule has 23 heavy (non-hydrogen) atoms. The van der Waals surface area contributed by atoms with E-state index in [9.17, 15) is 24.8 Å². The molecular formula is C14H9ClN2O6. The van der Waals surface area contributed by atoms with Gasteiger partial charge in [-0.1, -0.05) is 11.6 Å². The molecule has 0 heterocycles. The Morgan fingerprint density at radius 2 is 1.83 bits per heavy atom. The molecule has 0 saturated carbocycles. The largest absolute Gasteiger partial charge is 0.507 e. The molecule has 0 fully saturated rings. The zero-order chi connectivity index (χ0) is 17.1. The van der Waals surface area contributed by atoms with Crippen molar-refractivity contribution < 1.29 is 24.7 Å². The molecule has 0 unspecified atom stereocenters. The summed E-state index contributed by atoms with van der Waals surface area (Å²) in [6.07, 6.45) is 0. The summed E-state index contributed by atoms with van der Waals surface area (Å²) in [7, 11) is 0. The SMILES string of the molecule is O=C(O)c1cc(NC(=O)c2cc([N+](=O)[O-])ccc2Cl)ccc1O. The molecule has 0 atom stereocenters. The lowest BCUT2D eigenvalue weighted by atomic mass is 10.1. The fraction of sp³-hybridized carbons (Fsp3) is 0. The van der Waals surface area contributed by atoms with Gasteiger partial charge < -0.3 is 15.5 Å². The van der Waals surface area contributed by atoms with Gasteiger partial charge in [0.05, 0.1) is 15.5 Å². The van der Waals surface area contributed by atoms with Crippen LogP contribution in [-0.2, 0) is 0 Å². The second-order valence-corrected chi connectivity index (χ2v) is 4.82. The number of carboxylic acid groups (broad SMARTS) is 1. The number of anilines is 1. The summed E-state index contributed by atoms with van der Waals surface area (Å²) in [5.74, 6) is -2.57. The smallest absolute Gasteiger partial charge is 0.339 e. The topological polar surface area (TPSA) is 130 Å². The van der Waals surface area contributed by atoms with E-state index in [1.807, 2.05) is 0 Å². The number of aromatic hydroxyl groups is 1. The number of nitro benzene ring substituents is 1. The summed E-state index contributed by atoms with van der Waals surface area (Å²) in [5.41, 5.74) is -0.747. The van der Waals surface area contributed by atoms with Gasteiger partial charge >= 0.3 is 5.97 Å². The van der Waals surface area contributed by atoms with Gasteiger partial charge in [0.2, 0.25) is 0 Å². The maximum atomic E-state index is 12.1. The molecule has 3 N–H and O–H groups in total. The van der Waals surface area contributed by atoms with E-state index in [4.69, 9.17) is 16.7 Å². The van der Waals surface area contributed by atoms with Crippen molar-refractivity contribution in [1.29, 1.82) is 0 Å². The number of nitro groups is 1. The van der Waals surface area contributed by atoms with Gasteiger partial charge in [0, 0.05) is 17.8 Å². The Morgan fingerprint density at radius 1 is 1.13 bits per heavy atom. The van der Waals surface area contributed by atoms with Crippen LogP contribution in [0.5, 0.6) is 5.75 Å². The maximum absolute atomic E-state index is 12.1. The quantitative estimate of drug-likeness (QED) is 0.447. The lowest BCUT2D eigenvalue weighted by Crippen LogP contribution is -2.13. The van der Waals surface area contributed by atoms with Crippen molar-refractivity contribution in [3.63, 3.8) is 0 Å². The molecule has 0 aliphatic rings. The van der Waals surface area contributed by atoms with Crippen LogP contribution >= 0.6 is 11.6 Å². The molecule has 0 radical (unpaired) electrons. The van der Waals surface area contributed by atoms with Crippen LogP contribution in [0.2, 0.25) is 5.02 Å². The first kappa shape index (κ1) is 16.2. The first-order valence-corrected chi connectivity index (χ1v) is 6.49. The number of aromatic carboxylic acids is 1. The molecule has 8 nitrogen and oxygen atoms in total. The molecule has 0 saturated heterocycles. The van der Waals surface area contributed by atoms with E-state index < -0.39 is 28.1 Å². The predicted octanol–water partition coefficient (Wildman–Crippen LogP) is 2.90. The van der Waals surface area contributed by atoms with Crippen LogP contribution in [0.4, 0.5) is 11.4 Å². The molecule has 0 bridgehead atoms. The number of phenols is 1. The predicted molar refractivity (Wildman–Crippen MR) is 81.1 cm³/mol. The number of benzene rings is 2. The number of carbonyl (C=O) groups is 2. The van der Waals surface area contributed by atoms with Gasteiger partial charge in [-0.05, 0) is 24.3 Å². The molecule has 2 aromatic carbocycles. The van der Waals surface area contributed by atoms with Crippen LogP contribution in [0.25, 0.3) is 0 Å². The van der Waals surface area contributed by atoms with Gasteiger partial charge in [-0.2, -0.15) is 0 Å².